The Balaban J connectivity index is 1.99. The van der Waals surface area contributed by atoms with Crippen molar-refractivity contribution in [2.75, 3.05) is 30.9 Å². The molecule has 2 aromatic rings. The normalized spacial score (nSPS) is 15.2. The maximum atomic E-state index is 12.7. The third kappa shape index (κ3) is 3.04. The number of aliphatic hydroxyl groups excluding tert-OH is 1. The molecule has 0 saturated carbocycles. The van der Waals surface area contributed by atoms with Crippen molar-refractivity contribution in [3.05, 3.63) is 53.8 Å². The minimum absolute atomic E-state index is 0.147. The minimum atomic E-state index is -0.308. The maximum Gasteiger partial charge on any atom is 0.294 e. The number of fused-ring (bicyclic) bond motifs is 1. The zero-order chi connectivity index (χ0) is 17.1. The Morgan fingerprint density at radius 3 is 2.67 bits per heavy atom. The van der Waals surface area contributed by atoms with Gasteiger partial charge in [-0.15, -0.1) is 0 Å². The van der Waals surface area contributed by atoms with E-state index in [0.717, 1.165) is 11.3 Å². The molecule has 0 atom stereocenters. The van der Waals surface area contributed by atoms with Crippen LogP contribution in [0.4, 0.5) is 11.4 Å². The van der Waals surface area contributed by atoms with E-state index in [1.807, 2.05) is 12.1 Å². The zero-order valence-corrected chi connectivity index (χ0v) is 13.2. The predicted octanol–water partition coefficient (Wildman–Crippen LogP) is 2.04. The van der Waals surface area contributed by atoms with Crippen LogP contribution < -0.4 is 20.1 Å². The quantitative estimate of drug-likeness (QED) is 0.663. The molecule has 0 unspecified atom stereocenters. The van der Waals surface area contributed by atoms with E-state index in [-0.39, 0.29) is 24.8 Å². The minimum Gasteiger partial charge on any atom is -0.497 e. The van der Waals surface area contributed by atoms with Crippen LogP contribution >= 0.6 is 0 Å². The summed E-state index contributed by atoms with van der Waals surface area (Å²) in [5, 5.41) is 9.26. The van der Waals surface area contributed by atoms with Gasteiger partial charge in [0.25, 0.3) is 5.91 Å². The third-order valence-corrected chi connectivity index (χ3v) is 3.69. The van der Waals surface area contributed by atoms with Gasteiger partial charge in [0.05, 0.1) is 19.4 Å². The lowest BCUT2D eigenvalue weighted by molar-refractivity contribution is -0.117. The van der Waals surface area contributed by atoms with Crippen molar-refractivity contribution in [1.82, 2.24) is 0 Å². The highest BCUT2D eigenvalue weighted by Crippen LogP contribution is 2.37. The summed E-state index contributed by atoms with van der Waals surface area (Å²) >= 11 is 0. The van der Waals surface area contributed by atoms with Crippen LogP contribution in [0.3, 0.4) is 0 Å². The number of nitrogens with zero attached hydrogens (tertiary/aromatic N) is 1. The average molecular weight is 326 g/mol. The van der Waals surface area contributed by atoms with Crippen molar-refractivity contribution >= 4 is 23.4 Å². The van der Waals surface area contributed by atoms with Gasteiger partial charge < -0.3 is 20.3 Å². The van der Waals surface area contributed by atoms with E-state index in [1.54, 1.807) is 43.5 Å². The predicted molar refractivity (Wildman–Crippen MR) is 91.9 cm³/mol. The molecule has 1 amide bonds. The van der Waals surface area contributed by atoms with Gasteiger partial charge >= 0.3 is 0 Å². The lowest BCUT2D eigenvalue weighted by atomic mass is 10.1. The van der Waals surface area contributed by atoms with Crippen LogP contribution in [0.15, 0.2) is 48.2 Å². The number of nitrogens with two attached hydrogens (primary N) is 1. The van der Waals surface area contributed by atoms with E-state index in [1.165, 1.54) is 4.90 Å². The molecule has 0 aliphatic carbocycles. The molecule has 0 aromatic heterocycles. The molecule has 0 radical (unpaired) electrons. The summed E-state index contributed by atoms with van der Waals surface area (Å²) in [4.78, 5) is 14.1. The van der Waals surface area contributed by atoms with Crippen LogP contribution in [0.1, 0.15) is 5.56 Å². The van der Waals surface area contributed by atoms with Gasteiger partial charge in [0.2, 0.25) is 0 Å². The summed E-state index contributed by atoms with van der Waals surface area (Å²) in [6.07, 6.45) is 1.65. The van der Waals surface area contributed by atoms with Gasteiger partial charge in [0.1, 0.15) is 5.75 Å². The summed E-state index contributed by atoms with van der Waals surface area (Å²) in [6, 6.07) is 12.3. The van der Waals surface area contributed by atoms with Crippen LogP contribution in [0.25, 0.3) is 6.08 Å². The Hall–Kier alpha value is -2.99. The number of amides is 1. The number of carbonyl (C=O) groups excluding carboxylic acids is 1. The lowest BCUT2D eigenvalue weighted by Crippen LogP contribution is -2.39. The van der Waals surface area contributed by atoms with Crippen LogP contribution in [-0.2, 0) is 4.79 Å². The fraction of sp³-hybridized carbons (Fsp3) is 0.167. The Morgan fingerprint density at radius 1 is 1.25 bits per heavy atom. The topological polar surface area (TPSA) is 85.0 Å². The van der Waals surface area contributed by atoms with Crippen LogP contribution in [0, 0.1) is 0 Å². The largest absolute Gasteiger partial charge is 0.497 e. The second kappa shape index (κ2) is 6.64. The number of anilines is 2. The monoisotopic (exact) mass is 326 g/mol. The highest BCUT2D eigenvalue weighted by atomic mass is 16.5. The molecule has 124 valence electrons. The summed E-state index contributed by atoms with van der Waals surface area (Å²) in [5.41, 5.74) is 7.73. The zero-order valence-electron chi connectivity index (χ0n) is 13.2. The fourth-order valence-corrected chi connectivity index (χ4v) is 2.50. The molecule has 6 nitrogen and oxygen atoms in total. The second-order valence-corrected chi connectivity index (χ2v) is 5.29. The number of β-amino-alcohol motifs (C(OH)–C–C–N with tert-alkyl or cyclic N) is 1. The van der Waals surface area contributed by atoms with Crippen molar-refractivity contribution in [3.63, 3.8) is 0 Å². The van der Waals surface area contributed by atoms with E-state index in [2.05, 4.69) is 0 Å². The molecular formula is C18H18N2O4. The number of ether oxygens (including phenoxy) is 2. The average Bonchev–Trinajstić information content (AvgIpc) is 2.59. The second-order valence-electron chi connectivity index (χ2n) is 5.29. The van der Waals surface area contributed by atoms with E-state index >= 15 is 0 Å². The van der Waals surface area contributed by atoms with Crippen LogP contribution in [0.2, 0.25) is 0 Å². The number of methoxy groups -OCH3 is 1. The number of aliphatic hydroxyl groups is 1. The molecule has 3 rings (SSSR count). The maximum absolute atomic E-state index is 12.7. The Morgan fingerprint density at radius 2 is 2.00 bits per heavy atom. The fourth-order valence-electron chi connectivity index (χ4n) is 2.50. The first-order valence-electron chi connectivity index (χ1n) is 7.48. The van der Waals surface area contributed by atoms with Crippen LogP contribution in [0.5, 0.6) is 11.5 Å². The first-order valence-corrected chi connectivity index (χ1v) is 7.48. The first-order chi connectivity index (χ1) is 11.6. The van der Waals surface area contributed by atoms with E-state index in [0.29, 0.717) is 17.1 Å². The van der Waals surface area contributed by atoms with Crippen molar-refractivity contribution in [1.29, 1.82) is 0 Å². The van der Waals surface area contributed by atoms with Gasteiger partial charge in [-0.05, 0) is 35.9 Å². The number of benzene rings is 2. The highest BCUT2D eigenvalue weighted by molar-refractivity contribution is 6.10. The number of nitrogen functional groups attached to an aromatic ring is 1. The molecule has 1 aliphatic rings. The Labute approximate surface area is 139 Å². The standard InChI is InChI=1S/C18H18N2O4/c1-23-14-5-2-12(3-6-14)10-17-18(22)20(8-9-21)15-7-4-13(19)11-16(15)24-17/h2-7,10-11,21H,8-9,19H2,1H3/b17-10+. The van der Waals surface area contributed by atoms with Crippen molar-refractivity contribution < 1.29 is 19.4 Å². The molecular weight excluding hydrogens is 308 g/mol. The summed E-state index contributed by atoms with van der Waals surface area (Å²) in [6.45, 7) is 0.0322. The molecule has 0 saturated heterocycles. The third-order valence-electron chi connectivity index (χ3n) is 3.69. The number of carbonyl (C=O) groups is 1. The molecule has 1 aliphatic heterocycles. The molecule has 0 spiro atoms. The Kier molecular flexibility index (Phi) is 4.39. The lowest BCUT2D eigenvalue weighted by Gasteiger charge is -2.30. The summed E-state index contributed by atoms with van der Waals surface area (Å²) in [7, 11) is 1.59. The molecule has 0 bridgehead atoms. The first kappa shape index (κ1) is 15.9. The van der Waals surface area contributed by atoms with Crippen molar-refractivity contribution in [3.8, 4) is 11.5 Å². The number of hydrogen-bond donors (Lipinski definition) is 2. The smallest absolute Gasteiger partial charge is 0.294 e. The molecule has 1 heterocycles. The van der Waals surface area contributed by atoms with Crippen molar-refractivity contribution in [2.45, 2.75) is 0 Å². The summed E-state index contributed by atoms with van der Waals surface area (Å²) < 4.78 is 10.9. The van der Waals surface area contributed by atoms with Gasteiger partial charge in [-0.1, -0.05) is 12.1 Å². The van der Waals surface area contributed by atoms with Gasteiger partial charge in [-0.2, -0.15) is 0 Å². The van der Waals surface area contributed by atoms with E-state index in [9.17, 15) is 9.90 Å². The molecule has 2 aromatic carbocycles. The summed E-state index contributed by atoms with van der Waals surface area (Å²) in [5.74, 6) is 1.08. The molecule has 3 N–H and O–H groups in total. The van der Waals surface area contributed by atoms with Gasteiger partial charge in [-0.25, -0.2) is 0 Å². The molecule has 24 heavy (non-hydrogen) atoms. The molecule has 6 heteroatoms. The number of rotatable bonds is 4. The number of hydrogen-bond acceptors (Lipinski definition) is 5. The van der Waals surface area contributed by atoms with E-state index < -0.39 is 0 Å². The van der Waals surface area contributed by atoms with Gasteiger partial charge in [0, 0.05) is 18.3 Å². The SMILES string of the molecule is COc1ccc(/C=C2/Oc3cc(N)ccc3N(CCO)C2=O)cc1. The highest BCUT2D eigenvalue weighted by Gasteiger charge is 2.30. The van der Waals surface area contributed by atoms with E-state index in [4.69, 9.17) is 15.2 Å². The van der Waals surface area contributed by atoms with Gasteiger partial charge in [-0.3, -0.25) is 9.69 Å². The molecule has 0 fully saturated rings. The van der Waals surface area contributed by atoms with Gasteiger partial charge in [0.15, 0.2) is 11.5 Å². The Bertz CT molecular complexity index is 784. The van der Waals surface area contributed by atoms with Crippen molar-refractivity contribution in [2.24, 2.45) is 0 Å². The van der Waals surface area contributed by atoms with Crippen LogP contribution in [-0.4, -0.2) is 31.3 Å².